The molecule has 0 heterocycles. The van der Waals surface area contributed by atoms with Crippen molar-refractivity contribution < 1.29 is 14.3 Å². The van der Waals surface area contributed by atoms with E-state index in [0.717, 1.165) is 25.7 Å². The molecule has 1 fully saturated rings. The van der Waals surface area contributed by atoms with Crippen molar-refractivity contribution in [2.24, 2.45) is 5.92 Å². The Morgan fingerprint density at radius 3 is 2.70 bits per heavy atom. The van der Waals surface area contributed by atoms with Gasteiger partial charge >= 0.3 is 5.97 Å². The zero-order valence-electron chi connectivity index (χ0n) is 11.4. The molecule has 0 radical (unpaired) electrons. The van der Waals surface area contributed by atoms with E-state index in [0.29, 0.717) is 10.7 Å². The van der Waals surface area contributed by atoms with Crippen LogP contribution in [0.4, 0.5) is 5.69 Å². The highest BCUT2D eigenvalue weighted by atomic mass is 35.5. The second-order valence-electron chi connectivity index (χ2n) is 5.06. The highest BCUT2D eigenvalue weighted by molar-refractivity contribution is 6.30. The molecule has 1 atom stereocenters. The summed E-state index contributed by atoms with van der Waals surface area (Å²) < 4.78 is 5.21. The molecule has 1 amide bonds. The van der Waals surface area contributed by atoms with Crippen LogP contribution < -0.4 is 5.32 Å². The molecular weight excluding hydrogens is 278 g/mol. The fourth-order valence-corrected chi connectivity index (χ4v) is 2.49. The van der Waals surface area contributed by atoms with Crippen molar-refractivity contribution in [3.8, 4) is 0 Å². The van der Waals surface area contributed by atoms with Gasteiger partial charge in [-0.2, -0.15) is 0 Å². The maximum Gasteiger partial charge on any atom is 0.309 e. The Morgan fingerprint density at radius 1 is 1.35 bits per heavy atom. The van der Waals surface area contributed by atoms with E-state index in [-0.39, 0.29) is 17.8 Å². The zero-order valence-corrected chi connectivity index (χ0v) is 12.2. The van der Waals surface area contributed by atoms with Gasteiger partial charge in [-0.25, -0.2) is 0 Å². The molecule has 1 aromatic rings. The van der Waals surface area contributed by atoms with Crippen molar-refractivity contribution in [3.63, 3.8) is 0 Å². The van der Waals surface area contributed by atoms with Crippen molar-refractivity contribution >= 4 is 29.2 Å². The Labute approximate surface area is 123 Å². The molecule has 4 nitrogen and oxygen atoms in total. The number of hydrogen-bond donors (Lipinski definition) is 1. The molecule has 108 valence electrons. The fourth-order valence-electron chi connectivity index (χ4n) is 2.30. The first kappa shape index (κ1) is 14.9. The zero-order chi connectivity index (χ0) is 14.5. The van der Waals surface area contributed by atoms with Gasteiger partial charge in [0.15, 0.2) is 6.10 Å². The second-order valence-corrected chi connectivity index (χ2v) is 5.50. The predicted octanol–water partition coefficient (Wildman–Crippen LogP) is 3.40. The molecule has 0 unspecified atom stereocenters. The molecule has 0 aliphatic heterocycles. The molecule has 0 saturated heterocycles. The van der Waals surface area contributed by atoms with Crippen molar-refractivity contribution in [1.82, 2.24) is 0 Å². The van der Waals surface area contributed by atoms with Crippen LogP contribution in [0.1, 0.15) is 32.6 Å². The molecule has 1 aliphatic carbocycles. The van der Waals surface area contributed by atoms with Gasteiger partial charge in [-0.3, -0.25) is 9.59 Å². The van der Waals surface area contributed by atoms with E-state index in [1.54, 1.807) is 31.2 Å². The molecule has 2 rings (SSSR count). The van der Waals surface area contributed by atoms with Gasteiger partial charge < -0.3 is 10.1 Å². The van der Waals surface area contributed by atoms with Gasteiger partial charge in [-0.05, 0) is 38.0 Å². The SMILES string of the molecule is C[C@H](OC(=O)C1CCCC1)C(=O)Nc1cccc(Cl)c1. The topological polar surface area (TPSA) is 55.4 Å². The van der Waals surface area contributed by atoms with Crippen LogP contribution in [-0.2, 0) is 14.3 Å². The van der Waals surface area contributed by atoms with E-state index in [9.17, 15) is 9.59 Å². The first-order valence-corrected chi connectivity index (χ1v) is 7.21. The maximum absolute atomic E-state index is 11.9. The number of amides is 1. The summed E-state index contributed by atoms with van der Waals surface area (Å²) in [6.45, 7) is 1.58. The van der Waals surface area contributed by atoms with Crippen LogP contribution in [0.5, 0.6) is 0 Å². The minimum Gasteiger partial charge on any atom is -0.452 e. The third kappa shape index (κ3) is 3.97. The van der Waals surface area contributed by atoms with Crippen LogP contribution in [0.15, 0.2) is 24.3 Å². The van der Waals surface area contributed by atoms with Gasteiger partial charge in [-0.15, -0.1) is 0 Å². The largest absolute Gasteiger partial charge is 0.452 e. The van der Waals surface area contributed by atoms with E-state index in [4.69, 9.17) is 16.3 Å². The molecule has 0 spiro atoms. The smallest absolute Gasteiger partial charge is 0.309 e. The van der Waals surface area contributed by atoms with E-state index in [1.807, 2.05) is 0 Å². The molecule has 5 heteroatoms. The number of carbonyl (C=O) groups excluding carboxylic acids is 2. The Balaban J connectivity index is 1.86. The van der Waals surface area contributed by atoms with Crippen molar-refractivity contribution in [3.05, 3.63) is 29.3 Å². The summed E-state index contributed by atoms with van der Waals surface area (Å²) >= 11 is 5.84. The van der Waals surface area contributed by atoms with Gasteiger partial charge in [0.2, 0.25) is 0 Å². The number of hydrogen-bond acceptors (Lipinski definition) is 3. The maximum atomic E-state index is 11.9. The van der Waals surface area contributed by atoms with Gasteiger partial charge in [-0.1, -0.05) is 30.5 Å². The molecule has 0 bridgehead atoms. The van der Waals surface area contributed by atoms with Gasteiger partial charge in [0.05, 0.1) is 5.92 Å². The fraction of sp³-hybridized carbons (Fsp3) is 0.467. The van der Waals surface area contributed by atoms with E-state index in [1.165, 1.54) is 0 Å². The quantitative estimate of drug-likeness (QED) is 0.866. The monoisotopic (exact) mass is 295 g/mol. The summed E-state index contributed by atoms with van der Waals surface area (Å²) in [6.07, 6.45) is 3.04. The van der Waals surface area contributed by atoms with E-state index < -0.39 is 6.10 Å². The number of halogens is 1. The van der Waals surface area contributed by atoms with Crippen LogP contribution in [-0.4, -0.2) is 18.0 Å². The molecular formula is C15H18ClNO3. The number of benzene rings is 1. The van der Waals surface area contributed by atoms with Crippen molar-refractivity contribution in [2.45, 2.75) is 38.7 Å². The van der Waals surface area contributed by atoms with Crippen LogP contribution in [0.25, 0.3) is 0 Å². The van der Waals surface area contributed by atoms with Gasteiger partial charge in [0, 0.05) is 10.7 Å². The first-order chi connectivity index (χ1) is 9.56. The molecule has 1 saturated carbocycles. The lowest BCUT2D eigenvalue weighted by Gasteiger charge is -2.16. The summed E-state index contributed by atoms with van der Waals surface area (Å²) in [5, 5.41) is 3.22. The lowest BCUT2D eigenvalue weighted by molar-refractivity contribution is -0.157. The first-order valence-electron chi connectivity index (χ1n) is 6.83. The van der Waals surface area contributed by atoms with E-state index in [2.05, 4.69) is 5.32 Å². The number of rotatable bonds is 4. The average molecular weight is 296 g/mol. The number of nitrogens with one attached hydrogen (secondary N) is 1. The second kappa shape index (κ2) is 6.75. The van der Waals surface area contributed by atoms with Crippen LogP contribution in [0.2, 0.25) is 5.02 Å². The average Bonchev–Trinajstić information content (AvgIpc) is 2.92. The lowest BCUT2D eigenvalue weighted by atomic mass is 10.1. The number of carbonyl (C=O) groups is 2. The Bertz CT molecular complexity index is 498. The van der Waals surface area contributed by atoms with Gasteiger partial charge in [0.1, 0.15) is 0 Å². The summed E-state index contributed by atoms with van der Waals surface area (Å²) in [4.78, 5) is 23.8. The standard InChI is InChI=1S/C15H18ClNO3/c1-10(20-15(19)11-5-2-3-6-11)14(18)17-13-8-4-7-12(16)9-13/h4,7-11H,2-3,5-6H2,1H3,(H,17,18)/t10-/m0/s1. The van der Waals surface area contributed by atoms with Crippen molar-refractivity contribution in [1.29, 1.82) is 0 Å². The van der Waals surface area contributed by atoms with Gasteiger partial charge in [0.25, 0.3) is 5.91 Å². The van der Waals surface area contributed by atoms with Crippen LogP contribution >= 0.6 is 11.6 Å². The highest BCUT2D eigenvalue weighted by Gasteiger charge is 2.27. The summed E-state index contributed by atoms with van der Waals surface area (Å²) in [6, 6.07) is 6.84. The normalized spacial score (nSPS) is 16.7. The minimum atomic E-state index is -0.804. The molecule has 1 aliphatic rings. The predicted molar refractivity (Wildman–Crippen MR) is 77.6 cm³/mol. The summed E-state index contributed by atoms with van der Waals surface area (Å²) in [5.74, 6) is -0.661. The number of esters is 1. The Hall–Kier alpha value is -1.55. The highest BCUT2D eigenvalue weighted by Crippen LogP contribution is 2.26. The van der Waals surface area contributed by atoms with E-state index >= 15 is 0 Å². The lowest BCUT2D eigenvalue weighted by Crippen LogP contribution is -2.31. The van der Waals surface area contributed by atoms with Crippen LogP contribution in [0.3, 0.4) is 0 Å². The summed E-state index contributed by atoms with van der Waals surface area (Å²) in [7, 11) is 0. The molecule has 1 aromatic carbocycles. The summed E-state index contributed by atoms with van der Waals surface area (Å²) in [5.41, 5.74) is 0.589. The molecule has 1 N–H and O–H groups in total. The number of anilines is 1. The minimum absolute atomic E-state index is 0.0450. The third-order valence-corrected chi connectivity index (χ3v) is 3.68. The Morgan fingerprint density at radius 2 is 2.05 bits per heavy atom. The van der Waals surface area contributed by atoms with Crippen LogP contribution in [0, 0.1) is 5.92 Å². The number of ether oxygens (including phenoxy) is 1. The Kier molecular flexibility index (Phi) is 5.01. The van der Waals surface area contributed by atoms with Crippen molar-refractivity contribution in [2.75, 3.05) is 5.32 Å². The molecule has 20 heavy (non-hydrogen) atoms. The molecule has 0 aromatic heterocycles. The third-order valence-electron chi connectivity index (χ3n) is 3.44.